The highest BCUT2D eigenvalue weighted by Crippen LogP contribution is 2.27. The van der Waals surface area contributed by atoms with Crippen LogP contribution in [0.5, 0.6) is 0 Å². The summed E-state index contributed by atoms with van der Waals surface area (Å²) in [4.78, 5) is 12.5. The predicted octanol–water partition coefficient (Wildman–Crippen LogP) is 3.60. The fraction of sp³-hybridized carbons (Fsp3) is 0.429. The van der Waals surface area contributed by atoms with E-state index in [1.807, 2.05) is 18.2 Å². The van der Waals surface area contributed by atoms with E-state index in [9.17, 15) is 4.79 Å². The molecule has 0 heterocycles. The Hall–Kier alpha value is -0.940. The Kier molecular flexibility index (Phi) is 4.93. The van der Waals surface area contributed by atoms with Gasteiger partial charge in [0.15, 0.2) is 0 Å². The first-order chi connectivity index (χ1) is 9.08. The van der Waals surface area contributed by atoms with Crippen LogP contribution < -0.4 is 11.1 Å². The summed E-state index contributed by atoms with van der Waals surface area (Å²) >= 11 is 8.41. The Balaban J connectivity index is 2.15. The molecule has 3 N–H and O–H groups in total. The quantitative estimate of drug-likeness (QED) is 0.826. The van der Waals surface area contributed by atoms with Crippen LogP contribution in [0.2, 0.25) is 0 Å². The van der Waals surface area contributed by atoms with Crippen molar-refractivity contribution in [2.45, 2.75) is 32.1 Å². The molecule has 102 valence electrons. The summed E-state index contributed by atoms with van der Waals surface area (Å²) in [6.45, 7) is 0. The van der Waals surface area contributed by atoms with Gasteiger partial charge in [0, 0.05) is 16.0 Å². The van der Waals surface area contributed by atoms with Crippen molar-refractivity contribution in [3.8, 4) is 0 Å². The molecule has 0 saturated heterocycles. The molecular formula is C14H17BrN2OS. The lowest BCUT2D eigenvalue weighted by atomic mass is 9.88. The Morgan fingerprint density at radius 1 is 1.32 bits per heavy atom. The number of amides is 1. The first-order valence-electron chi connectivity index (χ1n) is 6.48. The van der Waals surface area contributed by atoms with Crippen molar-refractivity contribution >= 4 is 44.7 Å². The number of thiocarbonyl (C=S) groups is 1. The second-order valence-electron chi connectivity index (χ2n) is 4.88. The smallest absolute Gasteiger partial charge is 0.227 e. The van der Waals surface area contributed by atoms with Crippen molar-refractivity contribution in [1.29, 1.82) is 0 Å². The lowest BCUT2D eigenvalue weighted by Gasteiger charge is -2.21. The third-order valence-electron chi connectivity index (χ3n) is 3.48. The fourth-order valence-electron chi connectivity index (χ4n) is 2.43. The van der Waals surface area contributed by atoms with Gasteiger partial charge in [-0.3, -0.25) is 4.79 Å². The van der Waals surface area contributed by atoms with E-state index in [-0.39, 0.29) is 11.8 Å². The Morgan fingerprint density at radius 3 is 2.63 bits per heavy atom. The zero-order valence-corrected chi connectivity index (χ0v) is 13.0. The zero-order chi connectivity index (χ0) is 13.8. The molecule has 1 aromatic rings. The third kappa shape index (κ3) is 3.76. The Morgan fingerprint density at radius 2 is 2.00 bits per heavy atom. The van der Waals surface area contributed by atoms with E-state index in [4.69, 9.17) is 18.0 Å². The van der Waals surface area contributed by atoms with Crippen molar-refractivity contribution in [2.24, 2.45) is 11.7 Å². The maximum atomic E-state index is 12.2. The van der Waals surface area contributed by atoms with Gasteiger partial charge in [-0.25, -0.2) is 0 Å². The molecule has 19 heavy (non-hydrogen) atoms. The number of benzene rings is 1. The molecule has 1 amide bonds. The summed E-state index contributed by atoms with van der Waals surface area (Å²) in [5, 5.41) is 2.97. The molecular weight excluding hydrogens is 324 g/mol. The summed E-state index contributed by atoms with van der Waals surface area (Å²) < 4.78 is 0.895. The van der Waals surface area contributed by atoms with Crippen LogP contribution in [0.4, 0.5) is 5.69 Å². The number of hydrogen-bond donors (Lipinski definition) is 2. The van der Waals surface area contributed by atoms with Crippen LogP contribution in [0.3, 0.4) is 0 Å². The summed E-state index contributed by atoms with van der Waals surface area (Å²) in [5.41, 5.74) is 7.09. The summed E-state index contributed by atoms with van der Waals surface area (Å²) in [5.74, 6) is 0.197. The number of hydrogen-bond acceptors (Lipinski definition) is 2. The average molecular weight is 341 g/mol. The van der Waals surface area contributed by atoms with Crippen molar-refractivity contribution in [3.63, 3.8) is 0 Å². The molecule has 1 aliphatic rings. The molecule has 1 aliphatic carbocycles. The van der Waals surface area contributed by atoms with Crippen LogP contribution in [-0.4, -0.2) is 10.9 Å². The van der Waals surface area contributed by atoms with E-state index in [0.29, 0.717) is 16.2 Å². The molecule has 3 nitrogen and oxygen atoms in total. The first-order valence-corrected chi connectivity index (χ1v) is 7.68. The molecule has 0 aromatic heterocycles. The van der Waals surface area contributed by atoms with Gasteiger partial charge in [0.1, 0.15) is 4.99 Å². The molecule has 1 fully saturated rings. The maximum absolute atomic E-state index is 12.2. The molecule has 1 saturated carbocycles. The minimum atomic E-state index is 0.0790. The summed E-state index contributed by atoms with van der Waals surface area (Å²) in [7, 11) is 0. The van der Waals surface area contributed by atoms with Crippen molar-refractivity contribution in [3.05, 3.63) is 28.2 Å². The van der Waals surface area contributed by atoms with E-state index in [2.05, 4.69) is 21.2 Å². The van der Waals surface area contributed by atoms with E-state index >= 15 is 0 Å². The normalized spacial score (nSPS) is 16.1. The van der Waals surface area contributed by atoms with Crippen molar-refractivity contribution in [1.82, 2.24) is 0 Å². The van der Waals surface area contributed by atoms with E-state index in [0.717, 1.165) is 30.2 Å². The number of anilines is 1. The zero-order valence-electron chi connectivity index (χ0n) is 10.6. The first kappa shape index (κ1) is 14.5. The van der Waals surface area contributed by atoms with Crippen molar-refractivity contribution in [2.75, 3.05) is 5.32 Å². The Bertz CT molecular complexity index is 498. The van der Waals surface area contributed by atoms with Gasteiger partial charge in [-0.1, -0.05) is 47.4 Å². The highest BCUT2D eigenvalue weighted by atomic mass is 79.9. The van der Waals surface area contributed by atoms with E-state index in [1.165, 1.54) is 6.42 Å². The molecule has 0 aliphatic heterocycles. The number of halogens is 1. The van der Waals surface area contributed by atoms with Crippen LogP contribution in [0.25, 0.3) is 0 Å². The highest BCUT2D eigenvalue weighted by Gasteiger charge is 2.22. The second-order valence-corrected chi connectivity index (χ2v) is 6.23. The minimum Gasteiger partial charge on any atom is -0.389 e. The van der Waals surface area contributed by atoms with Gasteiger partial charge in [-0.15, -0.1) is 0 Å². The van der Waals surface area contributed by atoms with Gasteiger partial charge in [-0.05, 0) is 31.0 Å². The molecule has 0 atom stereocenters. The summed E-state index contributed by atoms with van der Waals surface area (Å²) in [6, 6.07) is 5.53. The number of nitrogens with two attached hydrogens (primary N) is 1. The van der Waals surface area contributed by atoms with Gasteiger partial charge >= 0.3 is 0 Å². The molecule has 2 rings (SSSR count). The van der Waals surface area contributed by atoms with Crippen LogP contribution in [0.15, 0.2) is 22.7 Å². The average Bonchev–Trinajstić information content (AvgIpc) is 2.39. The topological polar surface area (TPSA) is 55.1 Å². The summed E-state index contributed by atoms with van der Waals surface area (Å²) in [6.07, 6.45) is 5.46. The molecule has 1 aromatic carbocycles. The van der Waals surface area contributed by atoms with Gasteiger partial charge in [0.2, 0.25) is 5.91 Å². The van der Waals surface area contributed by atoms with Gasteiger partial charge in [0.25, 0.3) is 0 Å². The van der Waals surface area contributed by atoms with Crippen LogP contribution >= 0.6 is 28.1 Å². The standard InChI is InChI=1S/C14H17BrN2OS/c15-10-6-7-11(13(16)19)12(8-10)17-14(18)9-4-2-1-3-5-9/h6-9H,1-5H2,(H2,16,19)(H,17,18). The third-order valence-corrected chi connectivity index (χ3v) is 4.19. The molecule has 0 unspecified atom stereocenters. The van der Waals surface area contributed by atoms with Gasteiger partial charge in [0.05, 0.1) is 5.69 Å². The Labute approximate surface area is 127 Å². The SMILES string of the molecule is NC(=S)c1ccc(Br)cc1NC(=O)C1CCCCC1. The minimum absolute atomic E-state index is 0.0790. The molecule has 5 heteroatoms. The molecule has 0 bridgehead atoms. The largest absolute Gasteiger partial charge is 0.389 e. The van der Waals surface area contributed by atoms with E-state index < -0.39 is 0 Å². The lowest BCUT2D eigenvalue weighted by molar-refractivity contribution is -0.120. The number of carbonyl (C=O) groups is 1. The second kappa shape index (κ2) is 6.48. The molecule has 0 spiro atoms. The highest BCUT2D eigenvalue weighted by molar-refractivity contribution is 9.10. The lowest BCUT2D eigenvalue weighted by Crippen LogP contribution is -2.26. The fourth-order valence-corrected chi connectivity index (χ4v) is 2.97. The van der Waals surface area contributed by atoms with E-state index in [1.54, 1.807) is 0 Å². The van der Waals surface area contributed by atoms with Crippen LogP contribution in [0.1, 0.15) is 37.7 Å². The molecule has 0 radical (unpaired) electrons. The van der Waals surface area contributed by atoms with Crippen LogP contribution in [-0.2, 0) is 4.79 Å². The van der Waals surface area contributed by atoms with Gasteiger partial charge in [-0.2, -0.15) is 0 Å². The monoisotopic (exact) mass is 340 g/mol. The van der Waals surface area contributed by atoms with Gasteiger partial charge < -0.3 is 11.1 Å². The number of carbonyl (C=O) groups excluding carboxylic acids is 1. The maximum Gasteiger partial charge on any atom is 0.227 e. The predicted molar refractivity (Wildman–Crippen MR) is 85.2 cm³/mol. The van der Waals surface area contributed by atoms with Crippen LogP contribution in [0, 0.1) is 5.92 Å². The van der Waals surface area contributed by atoms with Crippen molar-refractivity contribution < 1.29 is 4.79 Å². The number of rotatable bonds is 3. The number of nitrogens with one attached hydrogen (secondary N) is 1.